The standard InChI is InChI=1S/C12H14BN2/c1-3-4-10(7-8-14)12-6-5-11(13-2)9-15-12/h3-9H,1,14H2,2H3/b8-7-,10-4+. The van der Waals surface area contributed by atoms with Crippen LogP contribution in [0.25, 0.3) is 5.57 Å². The van der Waals surface area contributed by atoms with Crippen molar-refractivity contribution in [1.82, 2.24) is 4.98 Å². The van der Waals surface area contributed by atoms with Crippen molar-refractivity contribution >= 4 is 18.3 Å². The predicted octanol–water partition coefficient (Wildman–Crippen LogP) is 1.50. The van der Waals surface area contributed by atoms with Crippen LogP contribution < -0.4 is 11.2 Å². The minimum Gasteiger partial charge on any atom is -0.405 e. The van der Waals surface area contributed by atoms with Crippen LogP contribution in [0.1, 0.15) is 5.69 Å². The van der Waals surface area contributed by atoms with E-state index in [1.165, 1.54) is 6.20 Å². The zero-order valence-electron chi connectivity index (χ0n) is 8.85. The van der Waals surface area contributed by atoms with Gasteiger partial charge in [0.2, 0.25) is 0 Å². The molecule has 0 fully saturated rings. The number of nitrogens with two attached hydrogens (primary N) is 1. The van der Waals surface area contributed by atoms with E-state index in [4.69, 9.17) is 5.73 Å². The quantitative estimate of drug-likeness (QED) is 0.586. The first-order valence-electron chi connectivity index (χ1n) is 4.78. The lowest BCUT2D eigenvalue weighted by atomic mass is 9.74. The van der Waals surface area contributed by atoms with Crippen molar-refractivity contribution in [2.24, 2.45) is 5.73 Å². The van der Waals surface area contributed by atoms with Crippen molar-refractivity contribution in [1.29, 1.82) is 0 Å². The molecule has 2 nitrogen and oxygen atoms in total. The highest BCUT2D eigenvalue weighted by Crippen LogP contribution is 2.11. The molecule has 0 unspecified atom stereocenters. The summed E-state index contributed by atoms with van der Waals surface area (Å²) in [5.41, 5.74) is 8.31. The van der Waals surface area contributed by atoms with Gasteiger partial charge in [0.05, 0.1) is 5.69 Å². The molecule has 0 bridgehead atoms. The Morgan fingerprint density at radius 2 is 2.33 bits per heavy atom. The summed E-state index contributed by atoms with van der Waals surface area (Å²) in [5.74, 6) is 0. The van der Waals surface area contributed by atoms with E-state index < -0.39 is 0 Å². The molecular weight excluding hydrogens is 183 g/mol. The Labute approximate surface area is 91.5 Å². The van der Waals surface area contributed by atoms with Crippen LogP contribution in [0.5, 0.6) is 0 Å². The van der Waals surface area contributed by atoms with Crippen molar-refractivity contribution in [2.45, 2.75) is 6.82 Å². The van der Waals surface area contributed by atoms with Crippen molar-refractivity contribution in [2.75, 3.05) is 0 Å². The molecule has 0 aromatic carbocycles. The number of nitrogens with zero attached hydrogens (tertiary/aromatic N) is 1. The topological polar surface area (TPSA) is 38.9 Å². The molecule has 0 aliphatic heterocycles. The number of hydrogen-bond donors (Lipinski definition) is 1. The molecule has 0 saturated heterocycles. The molecule has 0 atom stereocenters. The molecule has 0 amide bonds. The monoisotopic (exact) mass is 197 g/mol. The number of aromatic nitrogens is 1. The van der Waals surface area contributed by atoms with E-state index in [2.05, 4.69) is 11.6 Å². The summed E-state index contributed by atoms with van der Waals surface area (Å²) in [6.07, 6.45) is 8.73. The van der Waals surface area contributed by atoms with Crippen LogP contribution in [-0.2, 0) is 0 Å². The third kappa shape index (κ3) is 3.13. The molecule has 0 spiro atoms. The Balaban J connectivity index is 3.02. The molecule has 1 aromatic heterocycles. The third-order valence-corrected chi connectivity index (χ3v) is 1.99. The van der Waals surface area contributed by atoms with E-state index in [1.807, 2.05) is 38.5 Å². The van der Waals surface area contributed by atoms with Crippen LogP contribution in [0.4, 0.5) is 0 Å². The van der Waals surface area contributed by atoms with Crippen LogP contribution >= 0.6 is 0 Å². The maximum Gasteiger partial charge on any atom is 0.150 e. The molecule has 3 heteroatoms. The van der Waals surface area contributed by atoms with E-state index in [1.54, 1.807) is 12.2 Å². The maximum atomic E-state index is 5.36. The summed E-state index contributed by atoms with van der Waals surface area (Å²) < 4.78 is 0. The SMILES string of the molecule is C=C/C=C(\C=C/N)c1ccc([B]C)cn1. The highest BCUT2D eigenvalue weighted by Gasteiger charge is 1.98. The van der Waals surface area contributed by atoms with Crippen LogP contribution in [-0.4, -0.2) is 12.3 Å². The third-order valence-electron chi connectivity index (χ3n) is 1.99. The summed E-state index contributed by atoms with van der Waals surface area (Å²) in [6.45, 7) is 5.64. The minimum absolute atomic E-state index is 0.891. The fourth-order valence-electron chi connectivity index (χ4n) is 1.20. The molecule has 0 aliphatic carbocycles. The predicted molar refractivity (Wildman–Crippen MR) is 67.0 cm³/mol. The second kappa shape index (κ2) is 5.86. The largest absolute Gasteiger partial charge is 0.405 e. The van der Waals surface area contributed by atoms with E-state index in [0.29, 0.717) is 0 Å². The van der Waals surface area contributed by atoms with Crippen LogP contribution in [0.3, 0.4) is 0 Å². The highest BCUT2D eigenvalue weighted by molar-refractivity contribution is 6.51. The zero-order valence-corrected chi connectivity index (χ0v) is 8.85. The van der Waals surface area contributed by atoms with Crippen molar-refractivity contribution in [3.63, 3.8) is 0 Å². The normalized spacial score (nSPS) is 11.7. The van der Waals surface area contributed by atoms with Crippen LogP contribution in [0.2, 0.25) is 6.82 Å². The van der Waals surface area contributed by atoms with Gasteiger partial charge in [-0.15, -0.1) is 0 Å². The van der Waals surface area contributed by atoms with Gasteiger partial charge in [-0.05, 0) is 18.3 Å². The first kappa shape index (κ1) is 11.3. The smallest absolute Gasteiger partial charge is 0.150 e. The van der Waals surface area contributed by atoms with Gasteiger partial charge in [-0.1, -0.05) is 37.1 Å². The Morgan fingerprint density at radius 1 is 1.53 bits per heavy atom. The van der Waals surface area contributed by atoms with Gasteiger partial charge in [0.15, 0.2) is 0 Å². The van der Waals surface area contributed by atoms with Gasteiger partial charge < -0.3 is 5.73 Å². The Hall–Kier alpha value is -1.77. The van der Waals surface area contributed by atoms with Gasteiger partial charge in [0.1, 0.15) is 7.28 Å². The number of pyridine rings is 1. The maximum absolute atomic E-state index is 5.36. The minimum atomic E-state index is 0.891. The molecule has 1 aromatic rings. The van der Waals surface area contributed by atoms with Crippen molar-refractivity contribution in [3.05, 3.63) is 55.0 Å². The van der Waals surface area contributed by atoms with Gasteiger partial charge >= 0.3 is 0 Å². The van der Waals surface area contributed by atoms with Crippen LogP contribution in [0, 0.1) is 0 Å². The number of hydrogen-bond acceptors (Lipinski definition) is 2. The summed E-state index contributed by atoms with van der Waals surface area (Å²) in [6, 6.07) is 3.98. The van der Waals surface area contributed by atoms with E-state index in [-0.39, 0.29) is 0 Å². The van der Waals surface area contributed by atoms with E-state index in [9.17, 15) is 0 Å². The average Bonchev–Trinajstić information content (AvgIpc) is 2.29. The fourth-order valence-corrected chi connectivity index (χ4v) is 1.20. The van der Waals surface area contributed by atoms with E-state index >= 15 is 0 Å². The lowest BCUT2D eigenvalue weighted by Crippen LogP contribution is -2.11. The number of rotatable bonds is 4. The van der Waals surface area contributed by atoms with Gasteiger partial charge in [0.25, 0.3) is 0 Å². The first-order chi connectivity index (χ1) is 7.31. The Morgan fingerprint density at radius 3 is 2.80 bits per heavy atom. The first-order valence-corrected chi connectivity index (χ1v) is 4.78. The molecule has 15 heavy (non-hydrogen) atoms. The second-order valence-electron chi connectivity index (χ2n) is 2.98. The summed E-state index contributed by atoms with van der Waals surface area (Å²) in [5, 5.41) is 0. The van der Waals surface area contributed by atoms with Gasteiger partial charge in [0, 0.05) is 11.8 Å². The summed E-state index contributed by atoms with van der Waals surface area (Å²) >= 11 is 0. The Kier molecular flexibility index (Phi) is 4.42. The Bertz CT molecular complexity index is 377. The summed E-state index contributed by atoms with van der Waals surface area (Å²) in [4.78, 5) is 4.33. The zero-order chi connectivity index (χ0) is 11.1. The molecule has 0 aliphatic rings. The highest BCUT2D eigenvalue weighted by atomic mass is 14.7. The van der Waals surface area contributed by atoms with Crippen molar-refractivity contribution < 1.29 is 0 Å². The second-order valence-corrected chi connectivity index (χ2v) is 2.98. The summed E-state index contributed by atoms with van der Waals surface area (Å²) in [7, 11) is 2.01. The molecule has 75 valence electrons. The fraction of sp³-hybridized carbons (Fsp3) is 0.0833. The van der Waals surface area contributed by atoms with Crippen LogP contribution in [0.15, 0.2) is 49.3 Å². The van der Waals surface area contributed by atoms with Gasteiger partial charge in [-0.25, -0.2) is 0 Å². The van der Waals surface area contributed by atoms with Crippen molar-refractivity contribution in [3.8, 4) is 0 Å². The average molecular weight is 197 g/mol. The molecule has 1 heterocycles. The number of allylic oxidation sites excluding steroid dienone is 4. The lowest BCUT2D eigenvalue weighted by molar-refractivity contribution is 1.29. The molecule has 1 radical (unpaired) electrons. The lowest BCUT2D eigenvalue weighted by Gasteiger charge is -2.01. The van der Waals surface area contributed by atoms with Gasteiger partial charge in [-0.2, -0.15) is 0 Å². The molecule has 1 rings (SSSR count). The van der Waals surface area contributed by atoms with E-state index in [0.717, 1.165) is 16.7 Å². The van der Waals surface area contributed by atoms with Gasteiger partial charge in [-0.3, -0.25) is 4.98 Å². The molecule has 0 saturated carbocycles. The molecule has 2 N–H and O–H groups in total. The molecular formula is C12H14BN2.